The number of ether oxygens (including phenoxy) is 1. The lowest BCUT2D eigenvalue weighted by Gasteiger charge is -2.40. The van der Waals surface area contributed by atoms with Crippen LogP contribution in [0.15, 0.2) is 29.3 Å². The van der Waals surface area contributed by atoms with E-state index >= 15 is 0 Å². The number of guanidine groups is 1. The Labute approximate surface area is 199 Å². The molecule has 0 radical (unpaired) electrons. The quantitative estimate of drug-likeness (QED) is 0.333. The third-order valence-corrected chi connectivity index (χ3v) is 5.20. The maximum absolute atomic E-state index is 12.0. The van der Waals surface area contributed by atoms with Crippen molar-refractivity contribution in [3.63, 3.8) is 0 Å². The number of nitrogens with one attached hydrogen (secondary N) is 2. The van der Waals surface area contributed by atoms with Crippen LogP contribution in [0.3, 0.4) is 0 Å². The standard InChI is InChI=1S/C23H38N4O2.HI/c1-7-24-22(26-16-19-9-8-14-29-20(19)23(2,3)4)25-15-17-10-12-18(13-11-17)21(28)27(5)6;/h10-13,19-20H,7-9,14-16H2,1-6H3,(H2,24,25,26);1H. The first-order chi connectivity index (χ1) is 13.7. The van der Waals surface area contributed by atoms with Crippen LogP contribution < -0.4 is 10.6 Å². The molecule has 1 aromatic rings. The van der Waals surface area contributed by atoms with Gasteiger partial charge >= 0.3 is 0 Å². The largest absolute Gasteiger partial charge is 0.377 e. The van der Waals surface area contributed by atoms with Crippen molar-refractivity contribution in [2.24, 2.45) is 16.3 Å². The van der Waals surface area contributed by atoms with Gasteiger partial charge in [0.05, 0.1) is 12.6 Å². The smallest absolute Gasteiger partial charge is 0.253 e. The minimum atomic E-state index is 0. The molecule has 1 saturated heterocycles. The number of rotatable bonds is 6. The van der Waals surface area contributed by atoms with Gasteiger partial charge in [-0.15, -0.1) is 24.0 Å². The number of halogens is 1. The summed E-state index contributed by atoms with van der Waals surface area (Å²) in [7, 11) is 3.52. The maximum Gasteiger partial charge on any atom is 0.253 e. The number of benzene rings is 1. The Morgan fingerprint density at radius 3 is 2.43 bits per heavy atom. The second-order valence-electron chi connectivity index (χ2n) is 9.03. The lowest BCUT2D eigenvalue weighted by Crippen LogP contribution is -2.47. The van der Waals surface area contributed by atoms with Crippen molar-refractivity contribution in [3.05, 3.63) is 35.4 Å². The molecule has 1 aromatic carbocycles. The fourth-order valence-corrected chi connectivity index (χ4v) is 3.76. The summed E-state index contributed by atoms with van der Waals surface area (Å²) in [5.41, 5.74) is 1.90. The Hall–Kier alpha value is -1.35. The topological polar surface area (TPSA) is 66.0 Å². The number of hydrogen-bond donors (Lipinski definition) is 2. The van der Waals surface area contributed by atoms with Gasteiger partial charge in [-0.1, -0.05) is 32.9 Å². The van der Waals surface area contributed by atoms with Crippen LogP contribution in [0.5, 0.6) is 0 Å². The molecule has 1 amide bonds. The SMILES string of the molecule is CCNC(=NCc1ccc(C(=O)N(C)C)cc1)NCC1CCCOC1C(C)(C)C.I. The van der Waals surface area contributed by atoms with Gasteiger partial charge < -0.3 is 20.3 Å². The predicted molar refractivity (Wildman–Crippen MR) is 135 cm³/mol. The zero-order chi connectivity index (χ0) is 21.4. The summed E-state index contributed by atoms with van der Waals surface area (Å²) >= 11 is 0. The van der Waals surface area contributed by atoms with E-state index in [0.29, 0.717) is 18.0 Å². The molecule has 0 aliphatic carbocycles. The molecule has 170 valence electrons. The highest BCUT2D eigenvalue weighted by atomic mass is 127. The van der Waals surface area contributed by atoms with Crippen LogP contribution in [0.4, 0.5) is 0 Å². The number of amides is 1. The zero-order valence-corrected chi connectivity index (χ0v) is 21.7. The number of hydrogen-bond acceptors (Lipinski definition) is 3. The van der Waals surface area contributed by atoms with Crippen molar-refractivity contribution in [1.82, 2.24) is 15.5 Å². The molecular weight excluding hydrogens is 491 g/mol. The Morgan fingerprint density at radius 1 is 1.20 bits per heavy atom. The Bertz CT molecular complexity index is 683. The minimum absolute atomic E-state index is 0. The number of aliphatic imine (C=N–C) groups is 1. The molecule has 30 heavy (non-hydrogen) atoms. The Morgan fingerprint density at radius 2 is 1.87 bits per heavy atom. The zero-order valence-electron chi connectivity index (χ0n) is 19.3. The van der Waals surface area contributed by atoms with Crippen LogP contribution in [-0.2, 0) is 11.3 Å². The maximum atomic E-state index is 12.0. The number of nitrogens with zero attached hydrogens (tertiary/aromatic N) is 2. The van der Waals surface area contributed by atoms with E-state index in [0.717, 1.165) is 37.6 Å². The number of carbonyl (C=O) groups is 1. The van der Waals surface area contributed by atoms with Gasteiger partial charge in [0.1, 0.15) is 0 Å². The molecule has 0 aromatic heterocycles. The summed E-state index contributed by atoms with van der Waals surface area (Å²) in [5, 5.41) is 6.83. The Balaban J connectivity index is 0.00000450. The van der Waals surface area contributed by atoms with Gasteiger partial charge in [0, 0.05) is 45.3 Å². The highest BCUT2D eigenvalue weighted by Gasteiger charge is 2.35. The highest BCUT2D eigenvalue weighted by molar-refractivity contribution is 14.0. The van der Waals surface area contributed by atoms with Crippen molar-refractivity contribution in [1.29, 1.82) is 0 Å². The number of carbonyl (C=O) groups excluding carboxylic acids is 1. The molecule has 7 heteroatoms. The molecule has 1 heterocycles. The fraction of sp³-hybridized carbons (Fsp3) is 0.652. The predicted octanol–water partition coefficient (Wildman–Crippen LogP) is 3.90. The lowest BCUT2D eigenvalue weighted by atomic mass is 9.78. The molecule has 1 aliphatic heterocycles. The van der Waals surface area contributed by atoms with E-state index in [-0.39, 0.29) is 41.4 Å². The first-order valence-electron chi connectivity index (χ1n) is 10.7. The van der Waals surface area contributed by atoms with Gasteiger partial charge in [0.25, 0.3) is 5.91 Å². The molecule has 2 atom stereocenters. The van der Waals surface area contributed by atoms with Crippen LogP contribution in [0, 0.1) is 11.3 Å². The van der Waals surface area contributed by atoms with E-state index in [2.05, 4.69) is 38.3 Å². The van der Waals surface area contributed by atoms with E-state index in [1.807, 2.05) is 24.3 Å². The van der Waals surface area contributed by atoms with Crippen molar-refractivity contribution in [3.8, 4) is 0 Å². The van der Waals surface area contributed by atoms with Crippen LogP contribution in [0.25, 0.3) is 0 Å². The second-order valence-corrected chi connectivity index (χ2v) is 9.03. The summed E-state index contributed by atoms with van der Waals surface area (Å²) in [6, 6.07) is 7.66. The van der Waals surface area contributed by atoms with Crippen LogP contribution in [0.2, 0.25) is 0 Å². The van der Waals surface area contributed by atoms with E-state index in [9.17, 15) is 4.79 Å². The van der Waals surface area contributed by atoms with Crippen molar-refractivity contribution < 1.29 is 9.53 Å². The molecule has 2 unspecified atom stereocenters. The molecule has 0 spiro atoms. The second kappa shape index (κ2) is 12.5. The lowest BCUT2D eigenvalue weighted by molar-refractivity contribution is -0.0835. The monoisotopic (exact) mass is 530 g/mol. The van der Waals surface area contributed by atoms with Gasteiger partial charge in [0.15, 0.2) is 5.96 Å². The first kappa shape index (κ1) is 26.7. The Kier molecular flexibility index (Phi) is 11.1. The summed E-state index contributed by atoms with van der Waals surface area (Å²) in [6.07, 6.45) is 2.55. The average molecular weight is 530 g/mol. The van der Waals surface area contributed by atoms with E-state index in [1.54, 1.807) is 19.0 Å². The van der Waals surface area contributed by atoms with Gasteiger partial charge in [-0.25, -0.2) is 4.99 Å². The fourth-order valence-electron chi connectivity index (χ4n) is 3.76. The van der Waals surface area contributed by atoms with Crippen molar-refractivity contribution in [2.75, 3.05) is 33.8 Å². The van der Waals surface area contributed by atoms with Gasteiger partial charge in [0.2, 0.25) is 0 Å². The van der Waals surface area contributed by atoms with Crippen LogP contribution in [0.1, 0.15) is 56.5 Å². The van der Waals surface area contributed by atoms with Crippen molar-refractivity contribution in [2.45, 2.75) is 53.2 Å². The van der Waals surface area contributed by atoms with Gasteiger partial charge in [-0.2, -0.15) is 0 Å². The van der Waals surface area contributed by atoms with Crippen molar-refractivity contribution >= 4 is 35.8 Å². The van der Waals surface area contributed by atoms with Gasteiger partial charge in [-0.05, 0) is 42.9 Å². The van der Waals surface area contributed by atoms with Gasteiger partial charge in [-0.3, -0.25) is 4.79 Å². The van der Waals surface area contributed by atoms with Crippen LogP contribution in [-0.4, -0.2) is 56.7 Å². The summed E-state index contributed by atoms with van der Waals surface area (Å²) < 4.78 is 6.09. The summed E-state index contributed by atoms with van der Waals surface area (Å²) in [5.74, 6) is 1.31. The highest BCUT2D eigenvalue weighted by Crippen LogP contribution is 2.33. The van der Waals surface area contributed by atoms with E-state index in [1.165, 1.54) is 6.42 Å². The summed E-state index contributed by atoms with van der Waals surface area (Å²) in [4.78, 5) is 18.3. The van der Waals surface area contributed by atoms with Crippen LogP contribution >= 0.6 is 24.0 Å². The van der Waals surface area contributed by atoms with E-state index < -0.39 is 0 Å². The molecule has 1 aliphatic rings. The summed E-state index contributed by atoms with van der Waals surface area (Å²) in [6.45, 7) is 11.9. The first-order valence-corrected chi connectivity index (χ1v) is 10.7. The molecular formula is C23H39IN4O2. The molecule has 2 rings (SSSR count). The molecule has 2 N–H and O–H groups in total. The molecule has 1 fully saturated rings. The average Bonchev–Trinajstić information content (AvgIpc) is 2.69. The molecule has 6 nitrogen and oxygen atoms in total. The molecule has 0 saturated carbocycles. The minimum Gasteiger partial charge on any atom is -0.377 e. The third-order valence-electron chi connectivity index (χ3n) is 5.20. The third kappa shape index (κ3) is 8.06. The molecule has 0 bridgehead atoms. The normalized spacial score (nSPS) is 19.6. The van der Waals surface area contributed by atoms with E-state index in [4.69, 9.17) is 9.73 Å².